The van der Waals surface area contributed by atoms with E-state index in [1.807, 2.05) is 24.3 Å². The number of amides is 1. The molecule has 1 fully saturated rings. The molecule has 1 aromatic heterocycles. The van der Waals surface area contributed by atoms with Crippen molar-refractivity contribution in [2.75, 3.05) is 0 Å². The number of ether oxygens (including phenoxy) is 1. The second-order valence-electron chi connectivity index (χ2n) is 7.21. The Labute approximate surface area is 151 Å². The summed E-state index contributed by atoms with van der Waals surface area (Å²) >= 11 is 0. The van der Waals surface area contributed by atoms with Gasteiger partial charge >= 0.3 is 0 Å². The van der Waals surface area contributed by atoms with Gasteiger partial charge in [0.05, 0.1) is 11.6 Å². The first-order chi connectivity index (χ1) is 12.6. The molecule has 0 unspecified atom stereocenters. The van der Waals surface area contributed by atoms with Gasteiger partial charge in [-0.3, -0.25) is 9.59 Å². The lowest BCUT2D eigenvalue weighted by Crippen LogP contribution is -2.46. The summed E-state index contributed by atoms with van der Waals surface area (Å²) in [5.41, 5.74) is 0.321. The van der Waals surface area contributed by atoms with Gasteiger partial charge in [-0.25, -0.2) is 0 Å². The summed E-state index contributed by atoms with van der Waals surface area (Å²) in [5.74, 6) is 0.0852. The van der Waals surface area contributed by atoms with E-state index in [9.17, 15) is 14.7 Å². The maximum absolute atomic E-state index is 12.7. The molecule has 1 atom stereocenters. The van der Waals surface area contributed by atoms with Gasteiger partial charge in [0, 0.05) is 24.2 Å². The highest BCUT2D eigenvalue weighted by Crippen LogP contribution is 2.46. The van der Waals surface area contributed by atoms with Crippen molar-refractivity contribution in [2.45, 2.75) is 50.2 Å². The van der Waals surface area contributed by atoms with E-state index in [0.29, 0.717) is 6.42 Å². The van der Waals surface area contributed by atoms with Crippen LogP contribution in [0.2, 0.25) is 0 Å². The van der Waals surface area contributed by atoms with Crippen molar-refractivity contribution < 1.29 is 14.6 Å². The summed E-state index contributed by atoms with van der Waals surface area (Å²) in [6.07, 6.45) is 7.39. The lowest BCUT2D eigenvalue weighted by atomic mass is 9.77. The quantitative estimate of drug-likeness (QED) is 0.773. The Kier molecular flexibility index (Phi) is 4.18. The van der Waals surface area contributed by atoms with E-state index in [1.54, 1.807) is 0 Å². The maximum Gasteiger partial charge on any atom is 0.257 e. The van der Waals surface area contributed by atoms with Crippen LogP contribution >= 0.6 is 0 Å². The van der Waals surface area contributed by atoms with Gasteiger partial charge in [0.1, 0.15) is 17.1 Å². The monoisotopic (exact) mass is 354 g/mol. The molecule has 0 saturated heterocycles. The average molecular weight is 354 g/mol. The molecule has 26 heavy (non-hydrogen) atoms. The van der Waals surface area contributed by atoms with Crippen LogP contribution in [0, 0.1) is 0 Å². The predicted molar refractivity (Wildman–Crippen MR) is 96.4 cm³/mol. The number of nitrogens with one attached hydrogen (secondary N) is 2. The normalized spacial score (nSPS) is 20.8. The van der Waals surface area contributed by atoms with Crippen LogP contribution in [-0.2, 0) is 0 Å². The van der Waals surface area contributed by atoms with Gasteiger partial charge in [0.15, 0.2) is 0 Å². The molecule has 1 aromatic carbocycles. The number of H-pyrrole nitrogens is 1. The van der Waals surface area contributed by atoms with Crippen LogP contribution in [0.4, 0.5) is 0 Å². The van der Waals surface area contributed by atoms with E-state index in [0.717, 1.165) is 43.1 Å². The van der Waals surface area contributed by atoms with Gasteiger partial charge < -0.3 is 20.1 Å². The molecule has 1 saturated carbocycles. The van der Waals surface area contributed by atoms with Crippen LogP contribution in [0.25, 0.3) is 0 Å². The molecule has 6 nitrogen and oxygen atoms in total. The van der Waals surface area contributed by atoms with Crippen molar-refractivity contribution in [1.29, 1.82) is 0 Å². The number of hydrogen-bond acceptors (Lipinski definition) is 4. The Balaban J connectivity index is 1.63. The van der Waals surface area contributed by atoms with E-state index in [4.69, 9.17) is 4.74 Å². The summed E-state index contributed by atoms with van der Waals surface area (Å²) in [5, 5.41) is 12.9. The lowest BCUT2D eigenvalue weighted by molar-refractivity contribution is -0.00210. The molecule has 2 aliphatic rings. The van der Waals surface area contributed by atoms with Gasteiger partial charge in [-0.15, -0.1) is 0 Å². The topological polar surface area (TPSA) is 91.4 Å². The Bertz CT molecular complexity index is 883. The zero-order chi connectivity index (χ0) is 18.1. The highest BCUT2D eigenvalue weighted by molar-refractivity contribution is 5.96. The van der Waals surface area contributed by atoms with Crippen molar-refractivity contribution in [1.82, 2.24) is 10.3 Å². The summed E-state index contributed by atoms with van der Waals surface area (Å²) < 4.78 is 6.37. The predicted octanol–water partition coefficient (Wildman–Crippen LogP) is 3.04. The molecular weight excluding hydrogens is 332 g/mol. The smallest absolute Gasteiger partial charge is 0.257 e. The highest BCUT2D eigenvalue weighted by Gasteiger charge is 2.42. The fourth-order valence-corrected chi connectivity index (χ4v) is 4.13. The highest BCUT2D eigenvalue weighted by atomic mass is 16.5. The molecule has 3 N–H and O–H groups in total. The number of aromatic nitrogens is 1. The van der Waals surface area contributed by atoms with E-state index in [-0.39, 0.29) is 23.0 Å². The minimum absolute atomic E-state index is 0.0614. The number of pyridine rings is 1. The zero-order valence-corrected chi connectivity index (χ0v) is 14.5. The minimum atomic E-state index is -0.448. The van der Waals surface area contributed by atoms with Crippen molar-refractivity contribution >= 4 is 5.91 Å². The molecule has 4 rings (SSSR count). The third kappa shape index (κ3) is 3.07. The molecule has 1 spiro atoms. The Morgan fingerprint density at radius 1 is 1.23 bits per heavy atom. The summed E-state index contributed by atoms with van der Waals surface area (Å²) in [6.45, 7) is 0. The van der Waals surface area contributed by atoms with Crippen molar-refractivity contribution in [3.05, 3.63) is 58.0 Å². The fourth-order valence-electron chi connectivity index (χ4n) is 4.13. The number of carbonyl (C=O) groups excluding carboxylic acids is 1. The first kappa shape index (κ1) is 16.7. The third-order valence-electron chi connectivity index (χ3n) is 5.41. The molecular formula is C20H22N2O4. The summed E-state index contributed by atoms with van der Waals surface area (Å²) in [7, 11) is 0. The van der Waals surface area contributed by atoms with Crippen molar-refractivity contribution in [2.24, 2.45) is 0 Å². The molecule has 0 bridgehead atoms. The largest absolute Gasteiger partial charge is 0.507 e. The number of fused-ring (bicyclic) bond motifs is 1. The number of benzene rings is 1. The molecule has 6 heteroatoms. The molecule has 0 radical (unpaired) electrons. The SMILES string of the molecule is O=C(N[C@H]1CC2(CCCCC2)Oc2ccccc21)c1c[nH]c(=O)cc1O. The Morgan fingerprint density at radius 3 is 2.77 bits per heavy atom. The molecule has 2 aromatic rings. The molecule has 1 amide bonds. The molecule has 2 heterocycles. The van der Waals surface area contributed by atoms with Crippen LogP contribution in [-0.4, -0.2) is 21.6 Å². The van der Waals surface area contributed by atoms with Crippen molar-refractivity contribution in [3.63, 3.8) is 0 Å². The first-order valence-electron chi connectivity index (χ1n) is 9.07. The van der Waals surface area contributed by atoms with Crippen LogP contribution in [0.15, 0.2) is 41.3 Å². The summed E-state index contributed by atoms with van der Waals surface area (Å²) in [4.78, 5) is 26.4. The van der Waals surface area contributed by atoms with Gasteiger partial charge in [0.25, 0.3) is 11.5 Å². The summed E-state index contributed by atoms with van der Waals surface area (Å²) in [6, 6.07) is 8.59. The molecule has 1 aliphatic heterocycles. The van der Waals surface area contributed by atoms with E-state index >= 15 is 0 Å². The van der Waals surface area contributed by atoms with Gasteiger partial charge in [0.2, 0.25) is 0 Å². The van der Waals surface area contributed by atoms with Crippen LogP contribution in [0.1, 0.15) is 60.5 Å². The van der Waals surface area contributed by atoms with Gasteiger partial charge in [-0.05, 0) is 31.7 Å². The maximum atomic E-state index is 12.7. The number of para-hydroxylation sites is 1. The number of aromatic hydroxyl groups is 1. The fraction of sp³-hybridized carbons (Fsp3) is 0.400. The number of hydrogen-bond donors (Lipinski definition) is 3. The van der Waals surface area contributed by atoms with E-state index in [1.165, 1.54) is 12.6 Å². The number of rotatable bonds is 2. The Morgan fingerprint density at radius 2 is 2.00 bits per heavy atom. The number of carbonyl (C=O) groups is 1. The Hall–Kier alpha value is -2.76. The van der Waals surface area contributed by atoms with Gasteiger partial charge in [-0.2, -0.15) is 0 Å². The van der Waals surface area contributed by atoms with E-state index in [2.05, 4.69) is 10.3 Å². The standard InChI is InChI=1S/C20H22N2O4/c23-16-10-18(24)21-12-14(16)19(25)22-15-11-20(8-4-1-5-9-20)26-17-7-3-2-6-13(15)17/h2-3,6-7,10,12,15H,1,4-5,8-9,11H2,(H,22,25)(H2,21,23,24)/t15-/m0/s1. The second kappa shape index (κ2) is 6.52. The van der Waals surface area contributed by atoms with Crippen LogP contribution in [0.5, 0.6) is 11.5 Å². The lowest BCUT2D eigenvalue weighted by Gasteiger charge is -2.44. The first-order valence-corrected chi connectivity index (χ1v) is 9.07. The van der Waals surface area contributed by atoms with Crippen LogP contribution in [0.3, 0.4) is 0 Å². The van der Waals surface area contributed by atoms with Crippen molar-refractivity contribution in [3.8, 4) is 11.5 Å². The van der Waals surface area contributed by atoms with Gasteiger partial charge in [-0.1, -0.05) is 24.6 Å². The van der Waals surface area contributed by atoms with Crippen LogP contribution < -0.4 is 15.6 Å². The molecule has 136 valence electrons. The van der Waals surface area contributed by atoms with E-state index < -0.39 is 11.5 Å². The second-order valence-corrected chi connectivity index (χ2v) is 7.21. The third-order valence-corrected chi connectivity index (χ3v) is 5.41. The number of aromatic amines is 1. The minimum Gasteiger partial charge on any atom is -0.507 e. The average Bonchev–Trinajstić information content (AvgIpc) is 2.62. The molecule has 1 aliphatic carbocycles. The zero-order valence-electron chi connectivity index (χ0n) is 14.5.